The van der Waals surface area contributed by atoms with Crippen molar-refractivity contribution in [1.29, 1.82) is 0 Å². The minimum atomic E-state index is 0. The zero-order chi connectivity index (χ0) is 6.81. The van der Waals surface area contributed by atoms with Gasteiger partial charge in [0.05, 0.1) is 0 Å². The third kappa shape index (κ3) is 1.59. The van der Waals surface area contributed by atoms with Crippen LogP contribution in [0.4, 0.5) is 0 Å². The van der Waals surface area contributed by atoms with Crippen molar-refractivity contribution in [1.82, 2.24) is 4.98 Å². The molecule has 0 aliphatic heterocycles. The number of hydrogen-bond donors (Lipinski definition) is 0. The summed E-state index contributed by atoms with van der Waals surface area (Å²) in [4.78, 5) is 4.06. The van der Waals surface area contributed by atoms with Crippen LogP contribution < -0.4 is 0 Å². The summed E-state index contributed by atoms with van der Waals surface area (Å²) in [6.07, 6.45) is 2.79. The zero-order valence-electron chi connectivity index (χ0n) is 5.71. The Labute approximate surface area is 75.9 Å². The first-order chi connectivity index (χ1) is 4.97. The monoisotopic (exact) mass is 191 g/mol. The van der Waals surface area contributed by atoms with E-state index in [4.69, 9.17) is 0 Å². The summed E-state index contributed by atoms with van der Waals surface area (Å²) in [5.74, 6) is 0. The number of para-hydroxylation sites is 1. The van der Waals surface area contributed by atoms with Crippen LogP contribution in [-0.4, -0.2) is 4.98 Å². The second-order valence-electron chi connectivity index (χ2n) is 2.13. The molecule has 58 valence electrons. The Morgan fingerprint density at radius 2 is 1.91 bits per heavy atom. The van der Waals surface area contributed by atoms with E-state index in [-0.39, 0.29) is 17.1 Å². The van der Waals surface area contributed by atoms with Crippen molar-refractivity contribution in [2.75, 3.05) is 0 Å². The summed E-state index contributed by atoms with van der Waals surface area (Å²) < 4.78 is 0. The Hall–Kier alpha value is -0.851. The molecular weight excluding hydrogens is 186 g/mol. The predicted octanol–water partition coefficient (Wildman–Crippen LogP) is 2.03. The molecule has 0 bridgehead atoms. The largest absolute Gasteiger partial charge is 1.00 e. The number of rotatable bonds is 0. The average Bonchev–Trinajstić information content (AvgIpc) is 2.05. The van der Waals surface area contributed by atoms with Gasteiger partial charge >= 0.3 is 17.1 Å². The van der Waals surface area contributed by atoms with Crippen LogP contribution in [0.25, 0.3) is 10.9 Å². The molecule has 0 aliphatic carbocycles. The van der Waals surface area contributed by atoms with E-state index in [1.807, 2.05) is 36.4 Å². The summed E-state index contributed by atoms with van der Waals surface area (Å²) in [6.45, 7) is 0. The van der Waals surface area contributed by atoms with E-state index in [0.717, 1.165) is 5.52 Å². The smallest absolute Gasteiger partial charge is 0.386 e. The maximum absolute atomic E-state index is 4.06. The van der Waals surface area contributed by atoms with E-state index in [1.165, 1.54) is 5.39 Å². The fraction of sp³-hybridized carbons (Fsp3) is 0. The second kappa shape index (κ2) is 3.51. The van der Waals surface area contributed by atoms with Crippen LogP contribution >= 0.6 is 0 Å². The molecule has 0 spiro atoms. The Morgan fingerprint density at radius 1 is 1.09 bits per heavy atom. The number of fused-ring (bicyclic) bond motifs is 1. The minimum Gasteiger partial charge on any atom is -0.386 e. The number of hydrogen-bond acceptors (Lipinski definition) is 1. The van der Waals surface area contributed by atoms with Crippen molar-refractivity contribution >= 4 is 10.9 Å². The number of pyridine rings is 1. The molecule has 1 nitrogen and oxygen atoms in total. The molecule has 0 saturated heterocycles. The van der Waals surface area contributed by atoms with Crippen LogP contribution in [0.2, 0.25) is 0 Å². The third-order valence-corrected chi connectivity index (χ3v) is 1.46. The molecule has 0 atom stereocenters. The Kier molecular flexibility index (Phi) is 2.64. The molecular formula is C9H6CuN. The summed E-state index contributed by atoms with van der Waals surface area (Å²) >= 11 is 0. The summed E-state index contributed by atoms with van der Waals surface area (Å²) in [7, 11) is 0. The molecule has 0 aliphatic rings. The van der Waals surface area contributed by atoms with Crippen LogP contribution in [0.5, 0.6) is 0 Å². The fourth-order valence-electron chi connectivity index (χ4n) is 0.964. The zero-order valence-corrected chi connectivity index (χ0v) is 6.65. The molecule has 0 N–H and O–H groups in total. The van der Waals surface area contributed by atoms with Gasteiger partial charge in [0.1, 0.15) is 0 Å². The second-order valence-corrected chi connectivity index (χ2v) is 2.13. The summed E-state index contributed by atoms with van der Waals surface area (Å²) in [5, 5.41) is 1.17. The maximum atomic E-state index is 4.06. The Balaban J connectivity index is 0.000000605. The van der Waals surface area contributed by atoms with Crippen molar-refractivity contribution in [2.24, 2.45) is 0 Å². The number of nitrogens with zero attached hydrogens (tertiary/aromatic N) is 1. The van der Waals surface area contributed by atoms with Gasteiger partial charge in [0.15, 0.2) is 0 Å². The average molecular weight is 192 g/mol. The molecule has 11 heavy (non-hydrogen) atoms. The van der Waals surface area contributed by atoms with Gasteiger partial charge in [0.25, 0.3) is 0 Å². The van der Waals surface area contributed by atoms with Gasteiger partial charge in [-0.15, -0.1) is 5.39 Å². The molecule has 0 unspecified atom stereocenters. The van der Waals surface area contributed by atoms with Gasteiger partial charge < -0.3 is 4.98 Å². The first-order valence-electron chi connectivity index (χ1n) is 3.19. The van der Waals surface area contributed by atoms with Gasteiger partial charge in [-0.05, 0) is 5.52 Å². The number of benzene rings is 1. The van der Waals surface area contributed by atoms with Crippen LogP contribution in [0, 0.1) is 6.20 Å². The predicted molar refractivity (Wildman–Crippen MR) is 40.6 cm³/mol. The Morgan fingerprint density at radius 3 is 2.73 bits per heavy atom. The van der Waals surface area contributed by atoms with E-state index < -0.39 is 0 Å². The molecule has 2 rings (SSSR count). The third-order valence-electron chi connectivity index (χ3n) is 1.46. The van der Waals surface area contributed by atoms with Crippen molar-refractivity contribution in [2.45, 2.75) is 0 Å². The molecule has 0 fully saturated rings. The van der Waals surface area contributed by atoms with Crippen molar-refractivity contribution in [3.05, 3.63) is 42.6 Å². The molecule has 1 aromatic carbocycles. The minimum absolute atomic E-state index is 0. The molecule has 2 aromatic rings. The van der Waals surface area contributed by atoms with Gasteiger partial charge in [-0.2, -0.15) is 12.1 Å². The Bertz CT molecular complexity index is 281. The van der Waals surface area contributed by atoms with Crippen LogP contribution in [0.3, 0.4) is 0 Å². The van der Waals surface area contributed by atoms with Crippen molar-refractivity contribution in [3.8, 4) is 0 Å². The molecule has 2 heteroatoms. The van der Waals surface area contributed by atoms with Gasteiger partial charge in [-0.3, -0.25) is 0 Å². The van der Waals surface area contributed by atoms with E-state index >= 15 is 0 Å². The van der Waals surface area contributed by atoms with E-state index in [2.05, 4.69) is 11.2 Å². The first kappa shape index (κ1) is 8.25. The standard InChI is InChI=1S/C9H6N.Cu/c1-2-6-9-8(4-1)5-3-7-10-9;/h1-6H;/q-1;+1. The summed E-state index contributed by atoms with van der Waals surface area (Å²) in [6, 6.07) is 11.8. The molecule has 0 amide bonds. The maximum Gasteiger partial charge on any atom is 1.00 e. The van der Waals surface area contributed by atoms with Gasteiger partial charge in [0.2, 0.25) is 0 Å². The van der Waals surface area contributed by atoms with Crippen molar-refractivity contribution < 1.29 is 17.1 Å². The number of aromatic nitrogens is 1. The van der Waals surface area contributed by atoms with Gasteiger partial charge in [0, 0.05) is 0 Å². The fourth-order valence-corrected chi connectivity index (χ4v) is 0.964. The molecule has 1 aromatic heterocycles. The molecule has 1 heterocycles. The van der Waals surface area contributed by atoms with E-state index in [9.17, 15) is 0 Å². The normalized spacial score (nSPS) is 9.09. The van der Waals surface area contributed by atoms with E-state index in [0.29, 0.717) is 0 Å². The van der Waals surface area contributed by atoms with Crippen molar-refractivity contribution in [3.63, 3.8) is 0 Å². The van der Waals surface area contributed by atoms with E-state index in [1.54, 1.807) is 0 Å². The van der Waals surface area contributed by atoms with Crippen LogP contribution in [-0.2, 0) is 17.1 Å². The molecule has 0 saturated carbocycles. The quantitative estimate of drug-likeness (QED) is 0.459. The first-order valence-corrected chi connectivity index (χ1v) is 3.19. The van der Waals surface area contributed by atoms with Crippen LogP contribution in [0.1, 0.15) is 0 Å². The molecule has 0 radical (unpaired) electrons. The van der Waals surface area contributed by atoms with Crippen LogP contribution in [0.15, 0.2) is 36.4 Å². The van der Waals surface area contributed by atoms with Gasteiger partial charge in [-0.25, -0.2) is 0 Å². The van der Waals surface area contributed by atoms with Gasteiger partial charge in [-0.1, -0.05) is 30.5 Å². The summed E-state index contributed by atoms with van der Waals surface area (Å²) in [5.41, 5.74) is 1.00. The SMILES string of the molecule is [Cu+].[c-]1ccc2ccccc2n1. The topological polar surface area (TPSA) is 12.9 Å².